The van der Waals surface area contributed by atoms with E-state index in [-0.39, 0.29) is 0 Å². The third kappa shape index (κ3) is 6.98. The molecule has 2 nitrogen and oxygen atoms in total. The molecule has 0 aliphatic heterocycles. The van der Waals surface area contributed by atoms with Crippen LogP contribution in [-0.4, -0.2) is 12.6 Å². The molecule has 0 amide bonds. The van der Waals surface area contributed by atoms with E-state index in [0.29, 0.717) is 6.04 Å². The lowest BCUT2D eigenvalue weighted by Crippen LogP contribution is -2.22. The summed E-state index contributed by atoms with van der Waals surface area (Å²) in [5.41, 5.74) is 1.25. The van der Waals surface area contributed by atoms with Gasteiger partial charge in [-0.2, -0.15) is 0 Å². The zero-order chi connectivity index (χ0) is 14.1. The van der Waals surface area contributed by atoms with E-state index in [1.165, 1.54) is 24.8 Å². The molecule has 1 rings (SSSR count). The minimum absolute atomic E-state index is 0.491. The van der Waals surface area contributed by atoms with Crippen LogP contribution in [0, 0.1) is 0 Å². The zero-order valence-corrected chi connectivity index (χ0v) is 13.9. The normalized spacial score (nSPS) is 11.0. The number of hydrogen-bond donors (Lipinski definition) is 1. The van der Waals surface area contributed by atoms with Gasteiger partial charge in [-0.3, -0.25) is 0 Å². The summed E-state index contributed by atoms with van der Waals surface area (Å²) in [5, 5.41) is 3.43. The van der Waals surface area contributed by atoms with Crippen LogP contribution in [0.5, 0.6) is 5.75 Å². The fraction of sp³-hybridized carbons (Fsp3) is 0.625. The molecular formula is C16H26BrNO. The fourth-order valence-electron chi connectivity index (χ4n) is 1.81. The largest absolute Gasteiger partial charge is 0.494 e. The number of benzene rings is 1. The van der Waals surface area contributed by atoms with E-state index in [4.69, 9.17) is 4.74 Å². The molecule has 0 saturated carbocycles. The topological polar surface area (TPSA) is 21.3 Å². The van der Waals surface area contributed by atoms with Gasteiger partial charge in [0.05, 0.1) is 6.61 Å². The summed E-state index contributed by atoms with van der Waals surface area (Å²) in [7, 11) is 0. The van der Waals surface area contributed by atoms with E-state index in [1.807, 2.05) is 6.07 Å². The van der Waals surface area contributed by atoms with Gasteiger partial charge >= 0.3 is 0 Å². The monoisotopic (exact) mass is 327 g/mol. The van der Waals surface area contributed by atoms with Crippen molar-refractivity contribution in [3.05, 3.63) is 28.2 Å². The molecule has 0 atom stereocenters. The molecule has 1 N–H and O–H groups in total. The highest BCUT2D eigenvalue weighted by molar-refractivity contribution is 9.10. The van der Waals surface area contributed by atoms with E-state index in [0.717, 1.165) is 29.8 Å². The second-order valence-corrected chi connectivity index (χ2v) is 6.05. The Kier molecular flexibility index (Phi) is 8.15. The van der Waals surface area contributed by atoms with Gasteiger partial charge in [-0.15, -0.1) is 0 Å². The summed E-state index contributed by atoms with van der Waals surface area (Å²) in [4.78, 5) is 0. The first-order valence-electron chi connectivity index (χ1n) is 7.28. The Balaban J connectivity index is 2.43. The SMILES string of the molecule is CCCCCCOc1ccc(Br)c(CNC(C)C)c1. The van der Waals surface area contributed by atoms with Crippen LogP contribution in [0.2, 0.25) is 0 Å². The molecule has 0 heterocycles. The van der Waals surface area contributed by atoms with Crippen molar-refractivity contribution in [2.24, 2.45) is 0 Å². The number of hydrogen-bond acceptors (Lipinski definition) is 2. The number of ether oxygens (including phenoxy) is 1. The predicted octanol–water partition coefficient (Wildman–Crippen LogP) is 4.91. The first-order chi connectivity index (χ1) is 9.13. The average Bonchev–Trinajstić information content (AvgIpc) is 2.38. The van der Waals surface area contributed by atoms with Gasteiger partial charge in [0.1, 0.15) is 5.75 Å². The smallest absolute Gasteiger partial charge is 0.119 e. The lowest BCUT2D eigenvalue weighted by atomic mass is 10.2. The summed E-state index contributed by atoms with van der Waals surface area (Å²) in [6, 6.07) is 6.71. The highest BCUT2D eigenvalue weighted by atomic mass is 79.9. The van der Waals surface area contributed by atoms with Gasteiger partial charge < -0.3 is 10.1 Å². The maximum absolute atomic E-state index is 5.81. The minimum atomic E-state index is 0.491. The van der Waals surface area contributed by atoms with Crippen molar-refractivity contribution in [1.29, 1.82) is 0 Å². The van der Waals surface area contributed by atoms with Gasteiger partial charge in [0, 0.05) is 17.1 Å². The van der Waals surface area contributed by atoms with Crippen molar-refractivity contribution in [1.82, 2.24) is 5.32 Å². The third-order valence-electron chi connectivity index (χ3n) is 2.98. The number of nitrogens with one attached hydrogen (secondary N) is 1. The molecule has 0 saturated heterocycles. The van der Waals surface area contributed by atoms with E-state index in [2.05, 4.69) is 54.2 Å². The molecule has 0 aliphatic rings. The Morgan fingerprint density at radius 2 is 2.00 bits per heavy atom. The Bertz CT molecular complexity index is 366. The summed E-state index contributed by atoms with van der Waals surface area (Å²) >= 11 is 3.59. The molecule has 0 aromatic heterocycles. The number of unbranched alkanes of at least 4 members (excludes halogenated alkanes) is 3. The number of halogens is 1. The van der Waals surface area contributed by atoms with E-state index >= 15 is 0 Å². The summed E-state index contributed by atoms with van der Waals surface area (Å²) in [6.45, 7) is 8.22. The van der Waals surface area contributed by atoms with Crippen molar-refractivity contribution in [3.8, 4) is 5.75 Å². The lowest BCUT2D eigenvalue weighted by molar-refractivity contribution is 0.304. The predicted molar refractivity (Wildman–Crippen MR) is 85.8 cm³/mol. The van der Waals surface area contributed by atoms with Crippen LogP contribution in [0.3, 0.4) is 0 Å². The Labute approximate surface area is 126 Å². The summed E-state index contributed by atoms with van der Waals surface area (Å²) in [5.74, 6) is 0.972. The molecular weight excluding hydrogens is 302 g/mol. The molecule has 0 aliphatic carbocycles. The Morgan fingerprint density at radius 3 is 2.68 bits per heavy atom. The minimum Gasteiger partial charge on any atom is -0.494 e. The third-order valence-corrected chi connectivity index (χ3v) is 3.76. The number of rotatable bonds is 9. The molecule has 3 heteroatoms. The van der Waals surface area contributed by atoms with Gasteiger partial charge in [-0.05, 0) is 30.2 Å². The van der Waals surface area contributed by atoms with E-state index in [9.17, 15) is 0 Å². The highest BCUT2D eigenvalue weighted by Crippen LogP contribution is 2.23. The van der Waals surface area contributed by atoms with Crippen LogP contribution in [0.1, 0.15) is 52.0 Å². The quantitative estimate of drug-likeness (QED) is 0.651. The maximum atomic E-state index is 5.81. The first kappa shape index (κ1) is 16.5. The van der Waals surface area contributed by atoms with Crippen molar-refractivity contribution >= 4 is 15.9 Å². The molecule has 19 heavy (non-hydrogen) atoms. The van der Waals surface area contributed by atoms with Crippen molar-refractivity contribution in [2.75, 3.05) is 6.61 Å². The Morgan fingerprint density at radius 1 is 1.21 bits per heavy atom. The lowest BCUT2D eigenvalue weighted by Gasteiger charge is -2.12. The fourth-order valence-corrected chi connectivity index (χ4v) is 2.20. The van der Waals surface area contributed by atoms with Crippen LogP contribution in [0.25, 0.3) is 0 Å². The van der Waals surface area contributed by atoms with Crippen LogP contribution in [0.15, 0.2) is 22.7 Å². The van der Waals surface area contributed by atoms with Crippen molar-refractivity contribution in [3.63, 3.8) is 0 Å². The summed E-state index contributed by atoms with van der Waals surface area (Å²) < 4.78 is 6.94. The second-order valence-electron chi connectivity index (χ2n) is 5.20. The molecule has 0 fully saturated rings. The van der Waals surface area contributed by atoms with Gasteiger partial charge in [0.15, 0.2) is 0 Å². The highest BCUT2D eigenvalue weighted by Gasteiger charge is 2.03. The average molecular weight is 328 g/mol. The molecule has 108 valence electrons. The Hall–Kier alpha value is -0.540. The van der Waals surface area contributed by atoms with E-state index in [1.54, 1.807) is 0 Å². The molecule has 0 unspecified atom stereocenters. The standard InChI is InChI=1S/C16H26BrNO/c1-4-5-6-7-10-19-15-8-9-16(17)14(11-15)12-18-13(2)3/h8-9,11,13,18H,4-7,10,12H2,1-3H3. The van der Waals surface area contributed by atoms with Gasteiger partial charge in [-0.25, -0.2) is 0 Å². The molecule has 1 aromatic rings. The first-order valence-corrected chi connectivity index (χ1v) is 8.07. The maximum Gasteiger partial charge on any atom is 0.119 e. The van der Waals surface area contributed by atoms with Gasteiger partial charge in [-0.1, -0.05) is 56.0 Å². The second kappa shape index (κ2) is 9.38. The molecule has 0 spiro atoms. The van der Waals surface area contributed by atoms with Crippen LogP contribution in [-0.2, 0) is 6.54 Å². The van der Waals surface area contributed by atoms with E-state index < -0.39 is 0 Å². The molecule has 0 bridgehead atoms. The summed E-state index contributed by atoms with van der Waals surface area (Å²) in [6.07, 6.45) is 4.97. The van der Waals surface area contributed by atoms with Crippen LogP contribution in [0.4, 0.5) is 0 Å². The molecule has 1 aromatic carbocycles. The van der Waals surface area contributed by atoms with Crippen molar-refractivity contribution in [2.45, 2.75) is 59.0 Å². The zero-order valence-electron chi connectivity index (χ0n) is 12.3. The van der Waals surface area contributed by atoms with Crippen LogP contribution >= 0.6 is 15.9 Å². The van der Waals surface area contributed by atoms with Gasteiger partial charge in [0.25, 0.3) is 0 Å². The van der Waals surface area contributed by atoms with Gasteiger partial charge in [0.2, 0.25) is 0 Å². The van der Waals surface area contributed by atoms with Crippen molar-refractivity contribution < 1.29 is 4.74 Å². The van der Waals surface area contributed by atoms with Crippen LogP contribution < -0.4 is 10.1 Å². The molecule has 0 radical (unpaired) electrons.